The molecular weight excluding hydrogens is 395 g/mol. The van der Waals surface area contributed by atoms with Crippen molar-refractivity contribution < 1.29 is 17.3 Å². The average molecular weight is 416 g/mol. The Morgan fingerprint density at radius 1 is 1.21 bits per heavy atom. The Labute approximate surface area is 168 Å². The number of hydrogen-bond acceptors (Lipinski definition) is 6. The van der Waals surface area contributed by atoms with Gasteiger partial charge in [0.1, 0.15) is 5.82 Å². The highest BCUT2D eigenvalue weighted by molar-refractivity contribution is 7.88. The number of piperidine rings is 1. The Balaban J connectivity index is 1.42. The Morgan fingerprint density at radius 3 is 2.86 bits per heavy atom. The third kappa shape index (κ3) is 4.68. The third-order valence-corrected chi connectivity index (χ3v) is 6.81. The van der Waals surface area contributed by atoms with E-state index in [0.717, 1.165) is 18.4 Å². The molecule has 0 amide bonds. The fourth-order valence-corrected chi connectivity index (χ4v) is 5.21. The predicted molar refractivity (Wildman–Crippen MR) is 105 cm³/mol. The van der Waals surface area contributed by atoms with Crippen molar-refractivity contribution in [1.82, 2.24) is 19.4 Å². The smallest absolute Gasteiger partial charge is 0.259 e. The molecule has 0 saturated carbocycles. The summed E-state index contributed by atoms with van der Waals surface area (Å²) in [5.41, 5.74) is 0.929. The molecule has 1 atom stereocenters. The Hall–Kier alpha value is -2.65. The number of sulfonamides is 1. The zero-order chi connectivity index (χ0) is 20.3. The van der Waals surface area contributed by atoms with Gasteiger partial charge in [-0.25, -0.2) is 17.1 Å². The summed E-state index contributed by atoms with van der Waals surface area (Å²) in [7, 11) is -3.60. The Kier molecular flexibility index (Phi) is 5.68. The normalized spacial score (nSPS) is 18.0. The highest BCUT2D eigenvalue weighted by atomic mass is 32.2. The quantitative estimate of drug-likeness (QED) is 0.614. The number of halogens is 1. The standard InChI is InChI=1S/C20H21FN4O3S/c21-18-8-2-1-6-17(18)14-29(26,27)25-10-4-5-15(13-25)11-19-23-20(28-24-19)16-7-3-9-22-12-16/h1-3,6-9,12,15H,4-5,10-11,13-14H2. The number of pyridine rings is 1. The van der Waals surface area contributed by atoms with Crippen LogP contribution in [-0.2, 0) is 22.2 Å². The second-order valence-electron chi connectivity index (χ2n) is 7.18. The summed E-state index contributed by atoms with van der Waals surface area (Å²) in [6, 6.07) is 9.60. The van der Waals surface area contributed by atoms with E-state index in [0.29, 0.717) is 31.2 Å². The van der Waals surface area contributed by atoms with E-state index in [1.807, 2.05) is 6.07 Å². The number of rotatable bonds is 6. The molecule has 3 aromatic rings. The van der Waals surface area contributed by atoms with Crippen LogP contribution in [0.2, 0.25) is 0 Å². The number of benzene rings is 1. The molecule has 0 spiro atoms. The SMILES string of the molecule is O=S(=O)(Cc1ccccc1F)N1CCCC(Cc2noc(-c3cccnc3)n2)C1. The first-order valence-corrected chi connectivity index (χ1v) is 11.1. The number of aromatic nitrogens is 3. The van der Waals surface area contributed by atoms with Crippen molar-refractivity contribution >= 4 is 10.0 Å². The summed E-state index contributed by atoms with van der Waals surface area (Å²) in [6.07, 6.45) is 5.46. The summed E-state index contributed by atoms with van der Waals surface area (Å²) in [4.78, 5) is 8.44. The number of hydrogen-bond donors (Lipinski definition) is 0. The van der Waals surface area contributed by atoms with Gasteiger partial charge in [-0.2, -0.15) is 4.98 Å². The van der Waals surface area contributed by atoms with E-state index in [2.05, 4.69) is 15.1 Å². The van der Waals surface area contributed by atoms with Crippen molar-refractivity contribution in [1.29, 1.82) is 0 Å². The second-order valence-corrected chi connectivity index (χ2v) is 9.14. The predicted octanol–water partition coefficient (Wildman–Crippen LogP) is 3.06. The van der Waals surface area contributed by atoms with E-state index in [1.54, 1.807) is 30.6 Å². The van der Waals surface area contributed by atoms with Gasteiger partial charge in [-0.1, -0.05) is 23.4 Å². The zero-order valence-electron chi connectivity index (χ0n) is 15.7. The molecule has 3 heterocycles. The molecule has 1 aromatic carbocycles. The van der Waals surface area contributed by atoms with Crippen molar-refractivity contribution in [3.05, 3.63) is 66.0 Å². The van der Waals surface area contributed by atoms with Crippen molar-refractivity contribution in [2.45, 2.75) is 25.0 Å². The van der Waals surface area contributed by atoms with Crippen molar-refractivity contribution in [3.63, 3.8) is 0 Å². The fourth-order valence-electron chi connectivity index (χ4n) is 3.55. The Morgan fingerprint density at radius 2 is 2.07 bits per heavy atom. The summed E-state index contributed by atoms with van der Waals surface area (Å²) >= 11 is 0. The van der Waals surface area contributed by atoms with Gasteiger partial charge in [-0.15, -0.1) is 0 Å². The van der Waals surface area contributed by atoms with E-state index in [-0.39, 0.29) is 17.2 Å². The molecule has 9 heteroatoms. The van der Waals surface area contributed by atoms with E-state index in [9.17, 15) is 12.8 Å². The van der Waals surface area contributed by atoms with Gasteiger partial charge in [0.2, 0.25) is 10.0 Å². The van der Waals surface area contributed by atoms with Crippen LogP contribution >= 0.6 is 0 Å². The summed E-state index contributed by atoms with van der Waals surface area (Å²) in [5.74, 6) is 0.188. The summed E-state index contributed by atoms with van der Waals surface area (Å²) in [5, 5.41) is 4.02. The molecule has 0 radical (unpaired) electrons. The lowest BCUT2D eigenvalue weighted by Gasteiger charge is -2.31. The van der Waals surface area contributed by atoms with Gasteiger partial charge in [0.15, 0.2) is 5.82 Å². The highest BCUT2D eigenvalue weighted by Crippen LogP contribution is 2.25. The molecule has 4 rings (SSSR count). The largest absolute Gasteiger partial charge is 0.334 e. The molecule has 29 heavy (non-hydrogen) atoms. The van der Waals surface area contributed by atoms with Crippen LogP contribution in [0.1, 0.15) is 24.2 Å². The van der Waals surface area contributed by atoms with E-state index in [4.69, 9.17) is 4.52 Å². The molecule has 2 aromatic heterocycles. The molecule has 7 nitrogen and oxygen atoms in total. The molecular formula is C20H21FN4O3S. The van der Waals surface area contributed by atoms with Crippen LogP contribution in [0, 0.1) is 11.7 Å². The first-order chi connectivity index (χ1) is 14.0. The van der Waals surface area contributed by atoms with Crippen molar-refractivity contribution in [2.75, 3.05) is 13.1 Å². The molecule has 1 saturated heterocycles. The minimum Gasteiger partial charge on any atom is -0.334 e. The second kappa shape index (κ2) is 8.38. The lowest BCUT2D eigenvalue weighted by molar-refractivity contribution is 0.260. The van der Waals surface area contributed by atoms with Crippen LogP contribution in [0.25, 0.3) is 11.5 Å². The van der Waals surface area contributed by atoms with Gasteiger partial charge in [0.05, 0.1) is 11.3 Å². The summed E-state index contributed by atoms with van der Waals surface area (Å²) in [6.45, 7) is 0.814. The molecule has 1 aliphatic rings. The molecule has 152 valence electrons. The minimum absolute atomic E-state index is 0.0819. The molecule has 0 N–H and O–H groups in total. The lowest BCUT2D eigenvalue weighted by Crippen LogP contribution is -2.41. The number of nitrogens with zero attached hydrogens (tertiary/aromatic N) is 4. The van der Waals surface area contributed by atoms with E-state index < -0.39 is 15.8 Å². The first-order valence-electron chi connectivity index (χ1n) is 9.45. The van der Waals surface area contributed by atoms with Crippen molar-refractivity contribution in [2.24, 2.45) is 5.92 Å². The Bertz CT molecular complexity index is 1070. The van der Waals surface area contributed by atoms with Gasteiger partial charge in [0, 0.05) is 37.5 Å². The molecule has 0 bridgehead atoms. The van der Waals surface area contributed by atoms with Crippen LogP contribution in [0.15, 0.2) is 53.3 Å². The van der Waals surface area contributed by atoms with Gasteiger partial charge in [-0.05, 0) is 37.0 Å². The van der Waals surface area contributed by atoms with Crippen LogP contribution in [0.5, 0.6) is 0 Å². The van der Waals surface area contributed by atoms with Gasteiger partial charge < -0.3 is 4.52 Å². The fraction of sp³-hybridized carbons (Fsp3) is 0.350. The third-order valence-electron chi connectivity index (χ3n) is 5.02. The van der Waals surface area contributed by atoms with E-state index >= 15 is 0 Å². The zero-order valence-corrected chi connectivity index (χ0v) is 16.6. The van der Waals surface area contributed by atoms with Crippen LogP contribution in [0.3, 0.4) is 0 Å². The lowest BCUT2D eigenvalue weighted by atomic mass is 9.96. The van der Waals surface area contributed by atoms with Crippen LogP contribution in [-0.4, -0.2) is 40.9 Å². The maximum Gasteiger partial charge on any atom is 0.259 e. The van der Waals surface area contributed by atoms with Gasteiger partial charge in [0.25, 0.3) is 5.89 Å². The van der Waals surface area contributed by atoms with Gasteiger partial charge >= 0.3 is 0 Å². The maximum atomic E-state index is 13.9. The maximum absolute atomic E-state index is 13.9. The van der Waals surface area contributed by atoms with Crippen molar-refractivity contribution in [3.8, 4) is 11.5 Å². The highest BCUT2D eigenvalue weighted by Gasteiger charge is 2.30. The minimum atomic E-state index is -3.60. The topological polar surface area (TPSA) is 89.2 Å². The summed E-state index contributed by atoms with van der Waals surface area (Å²) < 4.78 is 46.2. The van der Waals surface area contributed by atoms with E-state index in [1.165, 1.54) is 16.4 Å². The molecule has 1 aliphatic heterocycles. The molecule has 1 fully saturated rings. The van der Waals surface area contributed by atoms with Crippen LogP contribution < -0.4 is 0 Å². The van der Waals surface area contributed by atoms with Crippen LogP contribution in [0.4, 0.5) is 4.39 Å². The average Bonchev–Trinajstić information content (AvgIpc) is 3.19. The molecule has 0 aliphatic carbocycles. The van der Waals surface area contributed by atoms with Gasteiger partial charge in [-0.3, -0.25) is 4.98 Å². The first kappa shape index (κ1) is 19.7. The monoisotopic (exact) mass is 416 g/mol. The molecule has 1 unspecified atom stereocenters.